The summed E-state index contributed by atoms with van der Waals surface area (Å²) in [5, 5.41) is 0. The van der Waals surface area contributed by atoms with Crippen LogP contribution >= 0.6 is 15.9 Å². The summed E-state index contributed by atoms with van der Waals surface area (Å²) < 4.78 is 33.1. The third-order valence-electron chi connectivity index (χ3n) is 2.46. The van der Waals surface area contributed by atoms with E-state index in [1.807, 2.05) is 6.92 Å². The van der Waals surface area contributed by atoms with E-state index in [1.54, 1.807) is 30.3 Å². The Morgan fingerprint density at radius 2 is 1.61 bits per heavy atom. The maximum absolute atomic E-state index is 13.9. The molecule has 0 aliphatic carbocycles. The van der Waals surface area contributed by atoms with Crippen molar-refractivity contribution in [3.63, 3.8) is 0 Å². The van der Waals surface area contributed by atoms with E-state index >= 15 is 0 Å². The van der Waals surface area contributed by atoms with Gasteiger partial charge in [0, 0.05) is 0 Å². The third kappa shape index (κ3) is 2.88. The largest absolute Gasteiger partial charge is 0.428 e. The molecular weight excluding hydrogens is 302 g/mol. The number of para-hydroxylation sites is 1. The van der Waals surface area contributed by atoms with Crippen LogP contribution in [0.15, 0.2) is 53.0 Å². The molecule has 18 heavy (non-hydrogen) atoms. The van der Waals surface area contributed by atoms with Gasteiger partial charge in [-0.05, 0) is 47.1 Å². The van der Waals surface area contributed by atoms with Gasteiger partial charge in [0.05, 0.1) is 10.0 Å². The number of ether oxygens (including phenoxy) is 1. The SMILES string of the molecule is Cc1ccc(C(F)(F)Oc2ccccc2Br)cc1. The highest BCUT2D eigenvalue weighted by Gasteiger charge is 2.34. The molecule has 0 N–H and O–H groups in total. The fourth-order valence-corrected chi connectivity index (χ4v) is 1.84. The summed E-state index contributed by atoms with van der Waals surface area (Å²) >= 11 is 3.17. The highest BCUT2D eigenvalue weighted by molar-refractivity contribution is 9.10. The molecule has 0 spiro atoms. The molecule has 4 heteroatoms. The molecule has 0 bridgehead atoms. The van der Waals surface area contributed by atoms with Crippen molar-refractivity contribution in [1.29, 1.82) is 0 Å². The Kier molecular flexibility index (Phi) is 3.66. The molecule has 0 radical (unpaired) electrons. The van der Waals surface area contributed by atoms with Gasteiger partial charge in [-0.25, -0.2) is 0 Å². The molecular formula is C14H11BrF2O. The highest BCUT2D eigenvalue weighted by atomic mass is 79.9. The smallest absolute Gasteiger partial charge is 0.426 e. The topological polar surface area (TPSA) is 9.23 Å². The molecule has 0 unspecified atom stereocenters. The molecule has 0 heterocycles. The number of aryl methyl sites for hydroxylation is 1. The van der Waals surface area contributed by atoms with E-state index in [2.05, 4.69) is 15.9 Å². The monoisotopic (exact) mass is 312 g/mol. The van der Waals surface area contributed by atoms with E-state index in [0.717, 1.165) is 5.56 Å². The molecule has 0 aliphatic rings. The molecule has 0 atom stereocenters. The summed E-state index contributed by atoms with van der Waals surface area (Å²) in [7, 11) is 0. The zero-order chi connectivity index (χ0) is 13.2. The second kappa shape index (κ2) is 5.06. The zero-order valence-corrected chi connectivity index (χ0v) is 11.2. The fourth-order valence-electron chi connectivity index (χ4n) is 1.47. The van der Waals surface area contributed by atoms with Crippen molar-refractivity contribution in [1.82, 2.24) is 0 Å². The molecule has 94 valence electrons. The minimum absolute atomic E-state index is 0.114. The van der Waals surface area contributed by atoms with E-state index in [1.165, 1.54) is 18.2 Å². The Hall–Kier alpha value is -1.42. The first kappa shape index (κ1) is 13.0. The van der Waals surface area contributed by atoms with Crippen LogP contribution in [0.25, 0.3) is 0 Å². The van der Waals surface area contributed by atoms with Gasteiger partial charge in [0.1, 0.15) is 5.75 Å². The van der Waals surface area contributed by atoms with Gasteiger partial charge in [-0.15, -0.1) is 0 Å². The summed E-state index contributed by atoms with van der Waals surface area (Å²) in [6.07, 6.45) is -3.35. The van der Waals surface area contributed by atoms with Crippen LogP contribution in [0.2, 0.25) is 0 Å². The van der Waals surface area contributed by atoms with Gasteiger partial charge in [0.15, 0.2) is 0 Å². The Morgan fingerprint density at radius 3 is 2.22 bits per heavy atom. The van der Waals surface area contributed by atoms with E-state index in [-0.39, 0.29) is 11.3 Å². The molecule has 1 nitrogen and oxygen atoms in total. The van der Waals surface area contributed by atoms with E-state index in [9.17, 15) is 8.78 Å². The minimum atomic E-state index is -3.35. The van der Waals surface area contributed by atoms with E-state index < -0.39 is 6.11 Å². The molecule has 0 saturated carbocycles. The average Bonchev–Trinajstić information content (AvgIpc) is 2.32. The van der Waals surface area contributed by atoms with Crippen LogP contribution in [0.4, 0.5) is 8.78 Å². The normalized spacial score (nSPS) is 11.3. The Bertz CT molecular complexity index is 538. The second-order valence-corrected chi connectivity index (χ2v) is 4.77. The van der Waals surface area contributed by atoms with Crippen LogP contribution in [-0.4, -0.2) is 0 Å². The van der Waals surface area contributed by atoms with Crippen molar-refractivity contribution in [3.8, 4) is 5.75 Å². The molecule has 0 aliphatic heterocycles. The first-order chi connectivity index (χ1) is 8.49. The zero-order valence-electron chi connectivity index (χ0n) is 9.66. The third-order valence-corrected chi connectivity index (χ3v) is 3.12. The van der Waals surface area contributed by atoms with Crippen molar-refractivity contribution in [2.75, 3.05) is 0 Å². The number of rotatable bonds is 3. The number of hydrogen-bond acceptors (Lipinski definition) is 1. The van der Waals surface area contributed by atoms with Gasteiger partial charge in [0.2, 0.25) is 0 Å². The van der Waals surface area contributed by atoms with Crippen LogP contribution < -0.4 is 4.74 Å². The molecule has 0 aromatic heterocycles. The number of benzene rings is 2. The Morgan fingerprint density at radius 1 is 1.00 bits per heavy atom. The van der Waals surface area contributed by atoms with Crippen LogP contribution in [-0.2, 0) is 6.11 Å². The highest BCUT2D eigenvalue weighted by Crippen LogP contribution is 2.35. The van der Waals surface area contributed by atoms with Gasteiger partial charge in [-0.3, -0.25) is 0 Å². The molecule has 2 rings (SSSR count). The summed E-state index contributed by atoms with van der Waals surface area (Å²) in [6, 6.07) is 12.5. The Balaban J connectivity index is 2.27. The van der Waals surface area contributed by atoms with Crippen molar-refractivity contribution in [2.24, 2.45) is 0 Å². The van der Waals surface area contributed by atoms with Gasteiger partial charge >= 0.3 is 6.11 Å². The quantitative estimate of drug-likeness (QED) is 0.784. The first-order valence-corrected chi connectivity index (χ1v) is 6.17. The predicted octanol–water partition coefficient (Wildman–Crippen LogP) is 4.89. The predicted molar refractivity (Wildman–Crippen MR) is 69.8 cm³/mol. The van der Waals surface area contributed by atoms with Crippen molar-refractivity contribution >= 4 is 15.9 Å². The summed E-state index contributed by atoms with van der Waals surface area (Å²) in [5.74, 6) is 0.114. The van der Waals surface area contributed by atoms with Gasteiger partial charge in [-0.1, -0.05) is 29.8 Å². The lowest BCUT2D eigenvalue weighted by Crippen LogP contribution is -2.21. The molecule has 2 aromatic rings. The van der Waals surface area contributed by atoms with E-state index in [0.29, 0.717) is 4.47 Å². The lowest BCUT2D eigenvalue weighted by Gasteiger charge is -2.19. The van der Waals surface area contributed by atoms with Crippen LogP contribution in [0.5, 0.6) is 5.75 Å². The number of hydrogen-bond donors (Lipinski definition) is 0. The summed E-state index contributed by atoms with van der Waals surface area (Å²) in [6.45, 7) is 1.84. The van der Waals surface area contributed by atoms with Gasteiger partial charge in [0.25, 0.3) is 0 Å². The summed E-state index contributed by atoms with van der Waals surface area (Å²) in [5.41, 5.74) is 0.763. The fraction of sp³-hybridized carbons (Fsp3) is 0.143. The van der Waals surface area contributed by atoms with Crippen molar-refractivity contribution < 1.29 is 13.5 Å². The minimum Gasteiger partial charge on any atom is -0.428 e. The lowest BCUT2D eigenvalue weighted by atomic mass is 10.1. The van der Waals surface area contributed by atoms with Crippen molar-refractivity contribution in [2.45, 2.75) is 13.0 Å². The standard InChI is InChI=1S/C14H11BrF2O/c1-10-6-8-11(9-7-10)14(16,17)18-13-5-3-2-4-12(13)15/h2-9H,1H3. The van der Waals surface area contributed by atoms with Crippen LogP contribution in [0.3, 0.4) is 0 Å². The maximum Gasteiger partial charge on any atom is 0.426 e. The molecule has 0 saturated heterocycles. The molecule has 0 amide bonds. The number of alkyl halides is 2. The average molecular weight is 313 g/mol. The van der Waals surface area contributed by atoms with Crippen LogP contribution in [0.1, 0.15) is 11.1 Å². The maximum atomic E-state index is 13.9. The van der Waals surface area contributed by atoms with Gasteiger partial charge < -0.3 is 4.74 Å². The number of halogens is 3. The van der Waals surface area contributed by atoms with Crippen molar-refractivity contribution in [3.05, 3.63) is 64.1 Å². The molecule has 2 aromatic carbocycles. The second-order valence-electron chi connectivity index (χ2n) is 3.92. The Labute approximate surface area is 113 Å². The first-order valence-electron chi connectivity index (χ1n) is 5.37. The van der Waals surface area contributed by atoms with E-state index in [4.69, 9.17) is 4.74 Å². The van der Waals surface area contributed by atoms with Crippen LogP contribution in [0, 0.1) is 6.92 Å². The molecule has 0 fully saturated rings. The lowest BCUT2D eigenvalue weighted by molar-refractivity contribution is -0.185. The summed E-state index contributed by atoms with van der Waals surface area (Å²) in [4.78, 5) is 0. The van der Waals surface area contributed by atoms with Gasteiger partial charge in [-0.2, -0.15) is 8.78 Å².